The van der Waals surface area contributed by atoms with Crippen LogP contribution in [0.1, 0.15) is 15.9 Å². The van der Waals surface area contributed by atoms with Crippen molar-refractivity contribution in [3.63, 3.8) is 0 Å². The van der Waals surface area contributed by atoms with Crippen LogP contribution in [0.2, 0.25) is 0 Å². The van der Waals surface area contributed by atoms with Crippen molar-refractivity contribution in [2.24, 2.45) is 0 Å². The van der Waals surface area contributed by atoms with Crippen molar-refractivity contribution < 1.29 is 4.79 Å². The van der Waals surface area contributed by atoms with Gasteiger partial charge >= 0.3 is 0 Å². The maximum atomic E-state index is 11.3. The summed E-state index contributed by atoms with van der Waals surface area (Å²) in [4.78, 5) is 11.3. The topological polar surface area (TPSA) is 34.9 Å². The highest BCUT2D eigenvalue weighted by Crippen LogP contribution is 2.22. The molecule has 3 heteroatoms. The summed E-state index contributed by atoms with van der Waals surface area (Å²) >= 11 is 0. The van der Waals surface area contributed by atoms with Crippen molar-refractivity contribution in [3.8, 4) is 16.9 Å². The Morgan fingerprint density at radius 1 is 1.00 bits per heavy atom. The van der Waals surface area contributed by atoms with Gasteiger partial charge in [0.1, 0.15) is 5.69 Å². The molecule has 0 atom stereocenters. The van der Waals surface area contributed by atoms with Gasteiger partial charge in [-0.05, 0) is 19.1 Å². The lowest BCUT2D eigenvalue weighted by molar-refractivity contribution is 0.112. The Labute approximate surface area is 117 Å². The summed E-state index contributed by atoms with van der Waals surface area (Å²) in [6, 6.07) is 17.8. The lowest BCUT2D eigenvalue weighted by Gasteiger charge is -2.00. The number of hydrogen-bond donors (Lipinski definition) is 0. The predicted octanol–water partition coefficient (Wildman–Crippen LogP) is 3.66. The van der Waals surface area contributed by atoms with Crippen LogP contribution in [0.3, 0.4) is 0 Å². The molecule has 0 fully saturated rings. The van der Waals surface area contributed by atoms with Gasteiger partial charge in [0.2, 0.25) is 0 Å². The summed E-state index contributed by atoms with van der Waals surface area (Å²) in [6.45, 7) is 2.03. The molecule has 0 spiro atoms. The van der Waals surface area contributed by atoms with Gasteiger partial charge in [0.25, 0.3) is 0 Å². The Hall–Kier alpha value is -2.68. The van der Waals surface area contributed by atoms with Gasteiger partial charge in [-0.15, -0.1) is 0 Å². The summed E-state index contributed by atoms with van der Waals surface area (Å²) in [5, 5.41) is 4.54. The minimum absolute atomic E-state index is 0.595. The van der Waals surface area contributed by atoms with E-state index in [0.29, 0.717) is 11.3 Å². The molecule has 0 unspecified atom stereocenters. The molecule has 3 nitrogen and oxygen atoms in total. The zero-order valence-electron chi connectivity index (χ0n) is 11.2. The Bertz CT molecular complexity index is 727. The molecule has 0 N–H and O–H groups in total. The van der Waals surface area contributed by atoms with E-state index in [9.17, 15) is 4.79 Å². The van der Waals surface area contributed by atoms with Crippen LogP contribution in [0.15, 0.2) is 60.8 Å². The van der Waals surface area contributed by atoms with Crippen molar-refractivity contribution in [1.29, 1.82) is 0 Å². The van der Waals surface area contributed by atoms with E-state index in [0.717, 1.165) is 17.5 Å². The van der Waals surface area contributed by atoms with E-state index in [1.807, 2.05) is 61.5 Å². The molecule has 0 radical (unpaired) electrons. The highest BCUT2D eigenvalue weighted by Gasteiger charge is 2.11. The van der Waals surface area contributed by atoms with Crippen LogP contribution in [0, 0.1) is 6.92 Å². The third kappa shape index (κ3) is 2.26. The second-order valence-electron chi connectivity index (χ2n) is 4.70. The number of carbonyl (C=O) groups is 1. The van der Waals surface area contributed by atoms with Gasteiger partial charge in [-0.2, -0.15) is 5.10 Å². The lowest BCUT2D eigenvalue weighted by atomic mass is 10.1. The molecule has 3 aromatic rings. The number of nitrogens with zero attached hydrogens (tertiary/aromatic N) is 2. The molecule has 98 valence electrons. The molecule has 3 rings (SSSR count). The first-order chi connectivity index (χ1) is 9.78. The minimum Gasteiger partial charge on any atom is -0.298 e. The highest BCUT2D eigenvalue weighted by atomic mass is 16.1. The summed E-state index contributed by atoms with van der Waals surface area (Å²) in [6.07, 6.45) is 2.61. The Morgan fingerprint density at radius 3 is 2.35 bits per heavy atom. The highest BCUT2D eigenvalue weighted by molar-refractivity contribution is 5.85. The summed E-state index contributed by atoms with van der Waals surface area (Å²) in [5.74, 6) is 0. The van der Waals surface area contributed by atoms with Crippen molar-refractivity contribution in [1.82, 2.24) is 9.78 Å². The van der Waals surface area contributed by atoms with E-state index in [-0.39, 0.29) is 0 Å². The molecule has 0 saturated heterocycles. The number of rotatable bonds is 3. The molecule has 0 aliphatic rings. The zero-order chi connectivity index (χ0) is 13.9. The second-order valence-corrected chi connectivity index (χ2v) is 4.70. The predicted molar refractivity (Wildman–Crippen MR) is 79.1 cm³/mol. The van der Waals surface area contributed by atoms with Gasteiger partial charge in [0.05, 0.1) is 11.3 Å². The molecule has 1 aromatic heterocycles. The number of carbonyl (C=O) groups excluding carboxylic acids is 1. The van der Waals surface area contributed by atoms with E-state index in [1.54, 1.807) is 10.9 Å². The van der Waals surface area contributed by atoms with Crippen LogP contribution in [0.25, 0.3) is 16.9 Å². The van der Waals surface area contributed by atoms with Gasteiger partial charge in [0.15, 0.2) is 6.29 Å². The van der Waals surface area contributed by atoms with Crippen molar-refractivity contribution in [2.45, 2.75) is 6.92 Å². The van der Waals surface area contributed by atoms with Crippen LogP contribution in [-0.4, -0.2) is 16.1 Å². The van der Waals surface area contributed by atoms with Gasteiger partial charge < -0.3 is 0 Å². The molecule has 2 aromatic carbocycles. The quantitative estimate of drug-likeness (QED) is 0.675. The zero-order valence-corrected chi connectivity index (χ0v) is 11.2. The fourth-order valence-electron chi connectivity index (χ4n) is 2.12. The monoisotopic (exact) mass is 262 g/mol. The molecule has 0 bridgehead atoms. The van der Waals surface area contributed by atoms with E-state index < -0.39 is 0 Å². The minimum atomic E-state index is 0.595. The number of aromatic nitrogens is 2. The van der Waals surface area contributed by atoms with Crippen molar-refractivity contribution >= 4 is 6.29 Å². The van der Waals surface area contributed by atoms with Crippen LogP contribution in [-0.2, 0) is 0 Å². The molecular weight excluding hydrogens is 248 g/mol. The Kier molecular flexibility index (Phi) is 3.17. The standard InChI is InChI=1S/C17H14N2O/c1-13-7-9-14(10-8-13)17-15(12-20)11-19(18-17)16-5-3-2-4-6-16/h2-12H,1H3. The summed E-state index contributed by atoms with van der Waals surface area (Å²) in [5.41, 5.74) is 4.38. The van der Waals surface area contributed by atoms with Crippen molar-refractivity contribution in [2.75, 3.05) is 0 Å². The first-order valence-corrected chi connectivity index (χ1v) is 6.45. The lowest BCUT2D eigenvalue weighted by Crippen LogP contribution is -1.93. The number of benzene rings is 2. The van der Waals surface area contributed by atoms with Crippen LogP contribution >= 0.6 is 0 Å². The molecular formula is C17H14N2O. The molecule has 0 aliphatic heterocycles. The van der Waals surface area contributed by atoms with E-state index in [4.69, 9.17) is 0 Å². The van der Waals surface area contributed by atoms with Gasteiger partial charge in [-0.3, -0.25) is 4.79 Å². The molecule has 1 heterocycles. The first-order valence-electron chi connectivity index (χ1n) is 6.45. The summed E-state index contributed by atoms with van der Waals surface area (Å²) < 4.78 is 1.74. The molecule has 0 aliphatic carbocycles. The Morgan fingerprint density at radius 2 is 1.70 bits per heavy atom. The van der Waals surface area contributed by atoms with E-state index >= 15 is 0 Å². The molecule has 0 amide bonds. The average molecular weight is 262 g/mol. The third-order valence-electron chi connectivity index (χ3n) is 3.22. The van der Waals surface area contributed by atoms with Crippen molar-refractivity contribution in [3.05, 3.63) is 71.9 Å². The molecule has 0 saturated carbocycles. The van der Waals surface area contributed by atoms with Crippen LogP contribution in [0.4, 0.5) is 0 Å². The largest absolute Gasteiger partial charge is 0.298 e. The summed E-state index contributed by atoms with van der Waals surface area (Å²) in [7, 11) is 0. The smallest absolute Gasteiger partial charge is 0.153 e. The van der Waals surface area contributed by atoms with E-state index in [2.05, 4.69) is 5.10 Å². The third-order valence-corrected chi connectivity index (χ3v) is 3.22. The number of aldehydes is 1. The van der Waals surface area contributed by atoms with Gasteiger partial charge in [0, 0.05) is 11.8 Å². The maximum Gasteiger partial charge on any atom is 0.153 e. The average Bonchev–Trinajstić information content (AvgIpc) is 2.93. The second kappa shape index (κ2) is 5.13. The van der Waals surface area contributed by atoms with Gasteiger partial charge in [-0.25, -0.2) is 4.68 Å². The fraction of sp³-hybridized carbons (Fsp3) is 0.0588. The fourth-order valence-corrected chi connectivity index (χ4v) is 2.12. The van der Waals surface area contributed by atoms with Gasteiger partial charge in [-0.1, -0.05) is 48.0 Å². The maximum absolute atomic E-state index is 11.3. The number of aryl methyl sites for hydroxylation is 1. The first kappa shape index (κ1) is 12.4. The Balaban J connectivity index is 2.10. The SMILES string of the molecule is Cc1ccc(-c2nn(-c3ccccc3)cc2C=O)cc1. The van der Waals surface area contributed by atoms with Crippen LogP contribution < -0.4 is 0 Å². The number of hydrogen-bond acceptors (Lipinski definition) is 2. The van der Waals surface area contributed by atoms with Crippen LogP contribution in [0.5, 0.6) is 0 Å². The van der Waals surface area contributed by atoms with E-state index in [1.165, 1.54) is 5.56 Å². The number of para-hydroxylation sites is 1. The normalized spacial score (nSPS) is 10.4. The molecule has 20 heavy (non-hydrogen) atoms.